The summed E-state index contributed by atoms with van der Waals surface area (Å²) in [6.07, 6.45) is 0.607. The Labute approximate surface area is 143 Å². The Kier molecular flexibility index (Phi) is 3.28. The van der Waals surface area contributed by atoms with E-state index in [0.29, 0.717) is 12.0 Å². The second-order valence-electron chi connectivity index (χ2n) is 6.14. The van der Waals surface area contributed by atoms with Gasteiger partial charge < -0.3 is 4.79 Å². The third kappa shape index (κ3) is 2.04. The van der Waals surface area contributed by atoms with Crippen LogP contribution in [0.3, 0.4) is 0 Å². The van der Waals surface area contributed by atoms with Crippen molar-refractivity contribution in [2.45, 2.75) is 19.0 Å². The van der Waals surface area contributed by atoms with Gasteiger partial charge in [0.25, 0.3) is 17.7 Å². The number of imide groups is 1. The predicted molar refractivity (Wildman–Crippen MR) is 89.2 cm³/mol. The summed E-state index contributed by atoms with van der Waals surface area (Å²) in [5, 5.41) is 0. The predicted octanol–water partition coefficient (Wildman–Crippen LogP) is 1.57. The zero-order chi connectivity index (χ0) is 17.7. The molecule has 0 N–H and O–H groups in total. The van der Waals surface area contributed by atoms with E-state index >= 15 is 0 Å². The molecule has 2 atom stereocenters. The average Bonchev–Trinajstić information content (AvgIpc) is 2.87. The smallest absolute Gasteiger partial charge is 0.262 e. The molecule has 0 bridgehead atoms. The van der Waals surface area contributed by atoms with Crippen LogP contribution in [0.1, 0.15) is 26.3 Å². The molecule has 0 saturated carbocycles. The highest BCUT2D eigenvalue weighted by molar-refractivity contribution is 6.25. The third-order valence-corrected chi connectivity index (χ3v) is 4.67. The number of carbonyl (C=O) groups excluding carboxylic acids is 4. The zero-order valence-electron chi connectivity index (χ0n) is 13.4. The van der Waals surface area contributed by atoms with Crippen molar-refractivity contribution in [1.82, 2.24) is 4.90 Å². The molecule has 2 aromatic carbocycles. The van der Waals surface area contributed by atoms with Crippen molar-refractivity contribution in [2.24, 2.45) is 0 Å². The van der Waals surface area contributed by atoms with E-state index in [9.17, 15) is 19.2 Å². The lowest BCUT2D eigenvalue weighted by Gasteiger charge is -2.46. The highest BCUT2D eigenvalue weighted by Gasteiger charge is 2.56. The van der Waals surface area contributed by atoms with Crippen molar-refractivity contribution in [3.8, 4) is 0 Å². The van der Waals surface area contributed by atoms with E-state index in [1.54, 1.807) is 36.4 Å². The average molecular weight is 334 g/mol. The fourth-order valence-electron chi connectivity index (χ4n) is 3.36. The highest BCUT2D eigenvalue weighted by atomic mass is 16.2. The normalized spacial score (nSPS) is 22.0. The lowest BCUT2D eigenvalue weighted by Crippen LogP contribution is -2.72. The van der Waals surface area contributed by atoms with Gasteiger partial charge in [0.15, 0.2) is 0 Å². The molecule has 0 aliphatic carbocycles. The first-order valence-corrected chi connectivity index (χ1v) is 7.86. The molecule has 0 spiro atoms. The fourth-order valence-corrected chi connectivity index (χ4v) is 3.36. The van der Waals surface area contributed by atoms with Gasteiger partial charge in [0.1, 0.15) is 18.4 Å². The second kappa shape index (κ2) is 5.37. The molecule has 6 nitrogen and oxygen atoms in total. The van der Waals surface area contributed by atoms with Gasteiger partial charge in [-0.3, -0.25) is 24.2 Å². The number of hydrogen-bond donors (Lipinski definition) is 0. The van der Waals surface area contributed by atoms with Crippen LogP contribution in [0.15, 0.2) is 48.5 Å². The van der Waals surface area contributed by atoms with E-state index in [1.165, 1.54) is 4.90 Å². The number of aryl methyl sites for hydroxylation is 1. The Morgan fingerprint density at radius 3 is 1.92 bits per heavy atom. The molecule has 2 aliphatic heterocycles. The van der Waals surface area contributed by atoms with Crippen molar-refractivity contribution >= 4 is 29.7 Å². The molecule has 0 unspecified atom stereocenters. The van der Waals surface area contributed by atoms with Crippen LogP contribution < -0.4 is 4.90 Å². The maximum atomic E-state index is 12.7. The minimum Gasteiger partial charge on any atom is -0.301 e. The Bertz CT molecular complexity index is 884. The summed E-state index contributed by atoms with van der Waals surface area (Å²) in [7, 11) is 0. The lowest BCUT2D eigenvalue weighted by molar-refractivity contribution is -0.133. The molecule has 4 rings (SSSR count). The molecule has 124 valence electrons. The van der Waals surface area contributed by atoms with Gasteiger partial charge in [-0.25, -0.2) is 0 Å². The highest BCUT2D eigenvalue weighted by Crippen LogP contribution is 2.35. The van der Waals surface area contributed by atoms with Crippen LogP contribution in [0.25, 0.3) is 0 Å². The van der Waals surface area contributed by atoms with E-state index in [-0.39, 0.29) is 11.1 Å². The largest absolute Gasteiger partial charge is 0.301 e. The molecule has 6 heteroatoms. The number of fused-ring (bicyclic) bond motifs is 1. The van der Waals surface area contributed by atoms with Crippen LogP contribution in [0.2, 0.25) is 0 Å². The van der Waals surface area contributed by atoms with Crippen LogP contribution in [-0.4, -0.2) is 41.0 Å². The van der Waals surface area contributed by atoms with Crippen LogP contribution in [-0.2, 0) is 9.59 Å². The maximum absolute atomic E-state index is 12.7. The quantitative estimate of drug-likeness (QED) is 0.485. The van der Waals surface area contributed by atoms with E-state index in [0.717, 1.165) is 10.5 Å². The monoisotopic (exact) mass is 334 g/mol. The van der Waals surface area contributed by atoms with Gasteiger partial charge in [0, 0.05) is 5.69 Å². The number of benzene rings is 2. The van der Waals surface area contributed by atoms with Gasteiger partial charge in [-0.05, 0) is 31.2 Å². The molecule has 0 radical (unpaired) electrons. The molecule has 2 aliphatic rings. The number of rotatable bonds is 3. The summed E-state index contributed by atoms with van der Waals surface area (Å²) in [6.45, 7) is 1.92. The third-order valence-electron chi connectivity index (χ3n) is 4.67. The van der Waals surface area contributed by atoms with Crippen molar-refractivity contribution in [3.63, 3.8) is 0 Å². The van der Waals surface area contributed by atoms with Crippen molar-refractivity contribution in [3.05, 3.63) is 65.2 Å². The Morgan fingerprint density at radius 2 is 1.40 bits per heavy atom. The minimum atomic E-state index is -1.09. The molecule has 0 aromatic heterocycles. The SMILES string of the molecule is Cc1ccc(N2C(=O)[C@H](N3C(=O)c4ccccc4C3=O)[C@H]2C=O)cc1. The van der Waals surface area contributed by atoms with Crippen LogP contribution in [0.4, 0.5) is 5.69 Å². The number of aldehydes is 1. The molecule has 25 heavy (non-hydrogen) atoms. The van der Waals surface area contributed by atoms with Gasteiger partial charge in [0.2, 0.25) is 0 Å². The fraction of sp³-hybridized carbons (Fsp3) is 0.158. The van der Waals surface area contributed by atoms with Gasteiger partial charge in [-0.1, -0.05) is 29.8 Å². The van der Waals surface area contributed by atoms with Crippen molar-refractivity contribution < 1.29 is 19.2 Å². The number of carbonyl (C=O) groups is 4. The zero-order valence-corrected chi connectivity index (χ0v) is 13.4. The molecular weight excluding hydrogens is 320 g/mol. The summed E-state index contributed by atoms with van der Waals surface area (Å²) in [6, 6.07) is 11.6. The molecule has 2 heterocycles. The van der Waals surface area contributed by atoms with Gasteiger partial charge in [-0.2, -0.15) is 0 Å². The molecule has 1 fully saturated rings. The maximum Gasteiger partial charge on any atom is 0.262 e. The number of anilines is 1. The Balaban J connectivity index is 1.68. The summed E-state index contributed by atoms with van der Waals surface area (Å²) in [5.41, 5.74) is 2.12. The first kappa shape index (κ1) is 15.3. The first-order chi connectivity index (χ1) is 12.0. The standard InChI is InChI=1S/C19H14N2O4/c1-11-6-8-12(9-7-11)20-15(10-22)16(19(20)25)21-17(23)13-4-2-3-5-14(13)18(21)24/h2-10,15-16H,1H3/t15-,16-/m1/s1. The molecule has 3 amide bonds. The van der Waals surface area contributed by atoms with Crippen molar-refractivity contribution in [1.29, 1.82) is 0 Å². The molecular formula is C19H14N2O4. The number of nitrogens with zero attached hydrogens (tertiary/aromatic N) is 2. The van der Waals surface area contributed by atoms with Gasteiger partial charge in [-0.15, -0.1) is 0 Å². The number of hydrogen-bond acceptors (Lipinski definition) is 4. The van der Waals surface area contributed by atoms with E-state index in [2.05, 4.69) is 0 Å². The van der Waals surface area contributed by atoms with E-state index in [4.69, 9.17) is 0 Å². The lowest BCUT2D eigenvalue weighted by atomic mass is 9.93. The van der Waals surface area contributed by atoms with Crippen molar-refractivity contribution in [2.75, 3.05) is 4.90 Å². The number of β-lactam (4-membered cyclic amide) rings is 1. The minimum absolute atomic E-state index is 0.263. The Hall–Kier alpha value is -3.28. The van der Waals surface area contributed by atoms with Crippen LogP contribution in [0, 0.1) is 6.92 Å². The first-order valence-electron chi connectivity index (χ1n) is 7.86. The van der Waals surface area contributed by atoms with Crippen LogP contribution in [0.5, 0.6) is 0 Å². The summed E-state index contributed by atoms with van der Waals surface area (Å²) in [4.78, 5) is 51.6. The topological polar surface area (TPSA) is 74.8 Å². The Morgan fingerprint density at radius 1 is 0.840 bits per heavy atom. The summed E-state index contributed by atoms with van der Waals surface area (Å²) >= 11 is 0. The molecule has 1 saturated heterocycles. The van der Waals surface area contributed by atoms with Crippen LogP contribution >= 0.6 is 0 Å². The summed E-state index contributed by atoms with van der Waals surface area (Å²) < 4.78 is 0. The summed E-state index contributed by atoms with van der Waals surface area (Å²) in [5.74, 6) is -1.50. The van der Waals surface area contributed by atoms with E-state index in [1.807, 2.05) is 19.1 Å². The molecule has 2 aromatic rings. The van der Waals surface area contributed by atoms with Gasteiger partial charge in [0.05, 0.1) is 11.1 Å². The van der Waals surface area contributed by atoms with E-state index < -0.39 is 29.8 Å². The number of amides is 3. The second-order valence-corrected chi connectivity index (χ2v) is 6.14. The van der Waals surface area contributed by atoms with Gasteiger partial charge >= 0.3 is 0 Å².